The predicted molar refractivity (Wildman–Crippen MR) is 134 cm³/mol. The number of aromatic nitrogens is 3. The third-order valence-electron chi connectivity index (χ3n) is 5.31. The summed E-state index contributed by atoms with van der Waals surface area (Å²) in [6.07, 6.45) is 0.747. The van der Waals surface area contributed by atoms with Crippen molar-refractivity contribution >= 4 is 35.3 Å². The first kappa shape index (κ1) is 24.2. The number of benzene rings is 2. The van der Waals surface area contributed by atoms with Gasteiger partial charge in [0.1, 0.15) is 11.8 Å². The molecule has 4 rings (SSSR count). The van der Waals surface area contributed by atoms with E-state index in [1.165, 1.54) is 11.8 Å². The third kappa shape index (κ3) is 5.23. The Hall–Kier alpha value is -2.97. The molecule has 0 radical (unpaired) electrons. The molecule has 0 bridgehead atoms. The Morgan fingerprint density at radius 1 is 1.18 bits per heavy atom. The van der Waals surface area contributed by atoms with Gasteiger partial charge < -0.3 is 14.8 Å². The number of nitrogens with zero attached hydrogens (tertiary/aromatic N) is 3. The molecule has 1 unspecified atom stereocenters. The van der Waals surface area contributed by atoms with Crippen LogP contribution in [0, 0.1) is 0 Å². The first-order valence-electron chi connectivity index (χ1n) is 11.2. The van der Waals surface area contributed by atoms with Crippen molar-refractivity contribution in [1.82, 2.24) is 14.8 Å². The first-order chi connectivity index (χ1) is 16.5. The summed E-state index contributed by atoms with van der Waals surface area (Å²) >= 11 is 7.79. The van der Waals surface area contributed by atoms with Crippen molar-refractivity contribution in [3.05, 3.63) is 76.0 Å². The summed E-state index contributed by atoms with van der Waals surface area (Å²) in [5.74, 6) is 1.61. The molecule has 0 aliphatic carbocycles. The van der Waals surface area contributed by atoms with E-state index in [2.05, 4.69) is 10.3 Å². The number of anilines is 1. The number of rotatable bonds is 9. The zero-order chi connectivity index (χ0) is 24.1. The SMILES string of the molecule is CCCOC(=O)C1=C(C)Nc2nc(SCc3ccccc3Cl)nn2C1c1ccc(OCC)cc1. The van der Waals surface area contributed by atoms with Crippen LogP contribution in [-0.2, 0) is 15.3 Å². The van der Waals surface area contributed by atoms with Gasteiger partial charge in [0.05, 0.1) is 18.8 Å². The minimum atomic E-state index is -0.474. The molecule has 1 aliphatic rings. The number of ether oxygens (including phenoxy) is 2. The zero-order valence-electron chi connectivity index (χ0n) is 19.4. The van der Waals surface area contributed by atoms with Gasteiger partial charge in [0.25, 0.3) is 0 Å². The topological polar surface area (TPSA) is 78.3 Å². The monoisotopic (exact) mass is 498 g/mol. The van der Waals surface area contributed by atoms with Crippen LogP contribution in [0.25, 0.3) is 0 Å². The average Bonchev–Trinajstić information content (AvgIpc) is 3.24. The molecule has 1 aromatic heterocycles. The van der Waals surface area contributed by atoms with Crippen molar-refractivity contribution in [3.8, 4) is 5.75 Å². The van der Waals surface area contributed by atoms with Crippen molar-refractivity contribution < 1.29 is 14.3 Å². The molecule has 0 amide bonds. The van der Waals surface area contributed by atoms with Crippen molar-refractivity contribution in [1.29, 1.82) is 0 Å². The summed E-state index contributed by atoms with van der Waals surface area (Å²) < 4.78 is 12.9. The fraction of sp³-hybridized carbons (Fsp3) is 0.320. The first-order valence-corrected chi connectivity index (χ1v) is 12.6. The molecule has 0 fully saturated rings. The van der Waals surface area contributed by atoms with Crippen molar-refractivity contribution in [2.24, 2.45) is 0 Å². The third-order valence-corrected chi connectivity index (χ3v) is 6.57. The van der Waals surface area contributed by atoms with Gasteiger partial charge >= 0.3 is 5.97 Å². The summed E-state index contributed by atoms with van der Waals surface area (Å²) in [4.78, 5) is 17.7. The molecule has 9 heteroatoms. The molecule has 1 N–H and O–H groups in total. The molecule has 2 aromatic carbocycles. The lowest BCUT2D eigenvalue weighted by atomic mass is 9.96. The lowest BCUT2D eigenvalue weighted by Gasteiger charge is -2.28. The van der Waals surface area contributed by atoms with E-state index >= 15 is 0 Å². The molecular weight excluding hydrogens is 472 g/mol. The highest BCUT2D eigenvalue weighted by molar-refractivity contribution is 7.98. The maximum Gasteiger partial charge on any atom is 0.338 e. The minimum absolute atomic E-state index is 0.356. The van der Waals surface area contributed by atoms with Crippen LogP contribution in [0.3, 0.4) is 0 Å². The number of hydrogen-bond acceptors (Lipinski definition) is 7. The number of fused-ring (bicyclic) bond motifs is 1. The molecule has 7 nitrogen and oxygen atoms in total. The second-order valence-electron chi connectivity index (χ2n) is 7.75. The summed E-state index contributed by atoms with van der Waals surface area (Å²) in [6.45, 7) is 6.71. The molecule has 0 spiro atoms. The number of esters is 1. The summed E-state index contributed by atoms with van der Waals surface area (Å²) in [5.41, 5.74) is 3.11. The Morgan fingerprint density at radius 3 is 2.65 bits per heavy atom. The van der Waals surface area contributed by atoms with Crippen LogP contribution in [0.4, 0.5) is 5.95 Å². The maximum atomic E-state index is 13.1. The van der Waals surface area contributed by atoms with Crippen LogP contribution in [-0.4, -0.2) is 33.9 Å². The smallest absolute Gasteiger partial charge is 0.338 e. The van der Waals surface area contributed by atoms with Crippen LogP contribution < -0.4 is 10.1 Å². The molecular formula is C25H27ClN4O3S. The van der Waals surface area contributed by atoms with Gasteiger partial charge in [-0.3, -0.25) is 0 Å². The van der Waals surface area contributed by atoms with E-state index in [-0.39, 0.29) is 5.97 Å². The Morgan fingerprint density at radius 2 is 1.94 bits per heavy atom. The van der Waals surface area contributed by atoms with Gasteiger partial charge in [-0.15, -0.1) is 5.10 Å². The number of halogens is 1. The predicted octanol–water partition coefficient (Wildman–Crippen LogP) is 5.86. The van der Waals surface area contributed by atoms with Crippen LogP contribution in [0.5, 0.6) is 5.75 Å². The lowest BCUT2D eigenvalue weighted by molar-refractivity contribution is -0.139. The van der Waals surface area contributed by atoms with Gasteiger partial charge in [0, 0.05) is 16.5 Å². The zero-order valence-corrected chi connectivity index (χ0v) is 20.9. The van der Waals surface area contributed by atoms with E-state index in [1.54, 1.807) is 4.68 Å². The van der Waals surface area contributed by atoms with Crippen LogP contribution in [0.1, 0.15) is 44.4 Å². The molecule has 2 heterocycles. The molecule has 0 saturated heterocycles. The summed E-state index contributed by atoms with van der Waals surface area (Å²) in [5, 5.41) is 9.28. The molecule has 1 aliphatic heterocycles. The number of nitrogens with one attached hydrogen (secondary N) is 1. The molecule has 178 valence electrons. The minimum Gasteiger partial charge on any atom is -0.494 e. The Kier molecular flexibility index (Phi) is 7.80. The van der Waals surface area contributed by atoms with Crippen LogP contribution in [0.2, 0.25) is 5.02 Å². The Labute approximate surface area is 208 Å². The molecule has 34 heavy (non-hydrogen) atoms. The standard InChI is InChI=1S/C25H27ClN4O3S/c1-4-14-33-23(31)21-16(3)27-24-28-25(34-15-18-8-6-7-9-20(18)26)29-30(24)22(21)17-10-12-19(13-11-17)32-5-2/h6-13,22H,4-5,14-15H2,1-3H3,(H,27,28,29). The van der Waals surface area contributed by atoms with Gasteiger partial charge in [0.2, 0.25) is 11.1 Å². The lowest BCUT2D eigenvalue weighted by Crippen LogP contribution is -2.29. The van der Waals surface area contributed by atoms with E-state index in [4.69, 9.17) is 26.2 Å². The quantitative estimate of drug-likeness (QED) is 0.292. The number of carbonyl (C=O) groups excluding carboxylic acids is 1. The Bertz CT molecular complexity index is 1190. The van der Waals surface area contributed by atoms with Crippen molar-refractivity contribution in [3.63, 3.8) is 0 Å². The Balaban J connectivity index is 1.68. The fourth-order valence-corrected chi connectivity index (χ4v) is 4.82. The molecule has 1 atom stereocenters. The summed E-state index contributed by atoms with van der Waals surface area (Å²) in [6, 6.07) is 14.9. The largest absolute Gasteiger partial charge is 0.494 e. The molecule has 3 aromatic rings. The van der Waals surface area contributed by atoms with E-state index in [0.29, 0.717) is 46.4 Å². The van der Waals surface area contributed by atoms with Crippen molar-refractivity contribution in [2.75, 3.05) is 18.5 Å². The number of allylic oxidation sites excluding steroid dienone is 1. The van der Waals surface area contributed by atoms with E-state index < -0.39 is 6.04 Å². The average molecular weight is 499 g/mol. The van der Waals surface area contributed by atoms with Gasteiger partial charge in [-0.1, -0.05) is 60.6 Å². The highest BCUT2D eigenvalue weighted by Gasteiger charge is 2.35. The highest BCUT2D eigenvalue weighted by atomic mass is 35.5. The number of thioether (sulfide) groups is 1. The normalized spacial score (nSPS) is 15.0. The highest BCUT2D eigenvalue weighted by Crippen LogP contribution is 2.37. The second-order valence-corrected chi connectivity index (χ2v) is 9.10. The fourth-order valence-electron chi connectivity index (χ4n) is 3.71. The van der Waals surface area contributed by atoms with E-state index in [1.807, 2.05) is 69.3 Å². The second kappa shape index (κ2) is 11.0. The van der Waals surface area contributed by atoms with E-state index in [9.17, 15) is 4.79 Å². The molecule has 0 saturated carbocycles. The van der Waals surface area contributed by atoms with Crippen molar-refractivity contribution in [2.45, 2.75) is 44.1 Å². The number of hydrogen-bond donors (Lipinski definition) is 1. The van der Waals surface area contributed by atoms with Gasteiger partial charge in [0.15, 0.2) is 0 Å². The van der Waals surface area contributed by atoms with E-state index in [0.717, 1.165) is 23.3 Å². The maximum absolute atomic E-state index is 13.1. The van der Waals surface area contributed by atoms with Gasteiger partial charge in [-0.05, 0) is 49.6 Å². The van der Waals surface area contributed by atoms with Gasteiger partial charge in [-0.2, -0.15) is 4.98 Å². The van der Waals surface area contributed by atoms with Crippen LogP contribution in [0.15, 0.2) is 65.0 Å². The van der Waals surface area contributed by atoms with Crippen LogP contribution >= 0.6 is 23.4 Å². The van der Waals surface area contributed by atoms with Gasteiger partial charge in [-0.25, -0.2) is 9.48 Å². The number of carbonyl (C=O) groups is 1. The summed E-state index contributed by atoms with van der Waals surface area (Å²) in [7, 11) is 0.